The zero-order valence-electron chi connectivity index (χ0n) is 14.6. The highest BCUT2D eigenvalue weighted by Gasteiger charge is 2.06. The Balaban J connectivity index is 0.00000243. The summed E-state index contributed by atoms with van der Waals surface area (Å²) in [6.45, 7) is 4.05. The Morgan fingerprint density at radius 2 is 1.81 bits per heavy atom. The molecule has 3 aromatic rings. The molecule has 0 fully saturated rings. The minimum atomic E-state index is 0. The van der Waals surface area contributed by atoms with Gasteiger partial charge in [-0.1, -0.05) is 47.5 Å². The number of nitrogens with one attached hydrogen (secondary N) is 1. The molecule has 0 amide bonds. The number of aromatic nitrogens is 1. The lowest BCUT2D eigenvalue weighted by atomic mass is 10.1. The van der Waals surface area contributed by atoms with Crippen LogP contribution in [0.2, 0.25) is 5.02 Å². The van der Waals surface area contributed by atoms with E-state index in [4.69, 9.17) is 16.3 Å². The Bertz CT molecular complexity index is 808. The smallest absolute Gasteiger partial charge is 0.124 e. The number of hydrogen-bond donors (Lipinski definition) is 1. The summed E-state index contributed by atoms with van der Waals surface area (Å²) in [7, 11) is 0. The summed E-state index contributed by atoms with van der Waals surface area (Å²) < 4.78 is 6.01. The van der Waals surface area contributed by atoms with E-state index in [1.807, 2.05) is 36.5 Å². The average Bonchev–Trinajstić information content (AvgIpc) is 2.63. The molecule has 0 aliphatic heterocycles. The molecular weight excluding hydrogens is 367 g/mol. The molecule has 0 aliphatic carbocycles. The van der Waals surface area contributed by atoms with E-state index in [-0.39, 0.29) is 12.4 Å². The number of rotatable bonds is 7. The number of ether oxygens (including phenoxy) is 1. The van der Waals surface area contributed by atoms with Crippen LogP contribution in [-0.2, 0) is 19.7 Å². The highest BCUT2D eigenvalue weighted by Crippen LogP contribution is 2.24. The van der Waals surface area contributed by atoms with Crippen LogP contribution in [0, 0.1) is 6.92 Å². The standard InChI is InChI=1S/C21H21ClN2O.ClH/c1-16-4-6-17(7-5-16)15-25-21-9-8-20(22)11-19(21)14-24-13-18-3-2-10-23-12-18;/h2-12,24H,13-15H2,1H3;1H. The molecule has 0 bridgehead atoms. The summed E-state index contributed by atoms with van der Waals surface area (Å²) in [4.78, 5) is 4.13. The van der Waals surface area contributed by atoms with Crippen molar-refractivity contribution in [3.63, 3.8) is 0 Å². The van der Waals surface area contributed by atoms with Gasteiger partial charge >= 0.3 is 0 Å². The molecule has 136 valence electrons. The largest absolute Gasteiger partial charge is 0.489 e. The van der Waals surface area contributed by atoms with Crippen molar-refractivity contribution >= 4 is 24.0 Å². The predicted molar refractivity (Wildman–Crippen MR) is 109 cm³/mol. The van der Waals surface area contributed by atoms with Gasteiger partial charge in [0.05, 0.1) is 0 Å². The molecular formula is C21H22Cl2N2O. The molecule has 1 N–H and O–H groups in total. The third-order valence-corrected chi connectivity index (χ3v) is 4.14. The number of aryl methyl sites for hydroxylation is 1. The second-order valence-corrected chi connectivity index (χ2v) is 6.43. The van der Waals surface area contributed by atoms with Crippen LogP contribution in [0.25, 0.3) is 0 Å². The van der Waals surface area contributed by atoms with Crippen LogP contribution in [-0.4, -0.2) is 4.98 Å². The first-order valence-corrected chi connectivity index (χ1v) is 8.65. The molecule has 1 heterocycles. The maximum absolute atomic E-state index is 6.15. The monoisotopic (exact) mass is 388 g/mol. The van der Waals surface area contributed by atoms with Crippen LogP contribution in [0.15, 0.2) is 67.0 Å². The van der Waals surface area contributed by atoms with E-state index in [1.54, 1.807) is 6.20 Å². The summed E-state index contributed by atoms with van der Waals surface area (Å²) in [6, 6.07) is 18.1. The first-order chi connectivity index (χ1) is 12.2. The fraction of sp³-hybridized carbons (Fsp3) is 0.190. The second kappa shape index (κ2) is 10.2. The first kappa shape index (κ1) is 20.2. The third-order valence-electron chi connectivity index (χ3n) is 3.90. The van der Waals surface area contributed by atoms with E-state index in [1.165, 1.54) is 5.56 Å². The van der Waals surface area contributed by atoms with Crippen molar-refractivity contribution in [2.24, 2.45) is 0 Å². The van der Waals surface area contributed by atoms with Gasteiger partial charge < -0.3 is 10.1 Å². The van der Waals surface area contributed by atoms with Crippen LogP contribution in [0.3, 0.4) is 0 Å². The molecule has 0 aliphatic rings. The van der Waals surface area contributed by atoms with Gasteiger partial charge in [0.25, 0.3) is 0 Å². The van der Waals surface area contributed by atoms with E-state index in [0.29, 0.717) is 18.2 Å². The minimum Gasteiger partial charge on any atom is -0.489 e. The van der Waals surface area contributed by atoms with Crippen LogP contribution in [0.4, 0.5) is 0 Å². The lowest BCUT2D eigenvalue weighted by Gasteiger charge is -2.13. The van der Waals surface area contributed by atoms with Crippen molar-refractivity contribution in [1.29, 1.82) is 0 Å². The maximum atomic E-state index is 6.15. The van der Waals surface area contributed by atoms with Crippen molar-refractivity contribution in [1.82, 2.24) is 10.3 Å². The Morgan fingerprint density at radius 1 is 1.00 bits per heavy atom. The van der Waals surface area contributed by atoms with E-state index in [0.717, 1.165) is 29.0 Å². The lowest BCUT2D eigenvalue weighted by Crippen LogP contribution is -2.13. The van der Waals surface area contributed by atoms with Crippen molar-refractivity contribution in [3.8, 4) is 5.75 Å². The lowest BCUT2D eigenvalue weighted by molar-refractivity contribution is 0.302. The van der Waals surface area contributed by atoms with Gasteiger partial charge in [-0.25, -0.2) is 0 Å². The van der Waals surface area contributed by atoms with Gasteiger partial charge in [0.2, 0.25) is 0 Å². The average molecular weight is 389 g/mol. The predicted octanol–water partition coefficient (Wildman–Crippen LogP) is 5.33. The number of hydrogen-bond acceptors (Lipinski definition) is 3. The number of nitrogens with zero attached hydrogens (tertiary/aromatic N) is 1. The zero-order valence-corrected chi connectivity index (χ0v) is 16.2. The maximum Gasteiger partial charge on any atom is 0.124 e. The molecule has 0 saturated carbocycles. The Labute approximate surface area is 165 Å². The molecule has 0 saturated heterocycles. The van der Waals surface area contributed by atoms with Crippen LogP contribution < -0.4 is 10.1 Å². The zero-order chi connectivity index (χ0) is 17.5. The van der Waals surface area contributed by atoms with Gasteiger partial charge in [-0.3, -0.25) is 4.98 Å². The fourth-order valence-electron chi connectivity index (χ4n) is 2.52. The van der Waals surface area contributed by atoms with Crippen molar-refractivity contribution in [2.45, 2.75) is 26.6 Å². The van der Waals surface area contributed by atoms with Gasteiger partial charge in [-0.15, -0.1) is 12.4 Å². The van der Waals surface area contributed by atoms with Gasteiger partial charge in [0, 0.05) is 36.1 Å². The molecule has 2 aromatic carbocycles. The van der Waals surface area contributed by atoms with E-state index in [2.05, 4.69) is 41.5 Å². The quantitative estimate of drug-likeness (QED) is 0.593. The Morgan fingerprint density at radius 3 is 2.54 bits per heavy atom. The molecule has 3 rings (SSSR count). The molecule has 1 aromatic heterocycles. The second-order valence-electron chi connectivity index (χ2n) is 5.99. The molecule has 0 spiro atoms. The SMILES string of the molecule is Cc1ccc(COc2ccc(Cl)cc2CNCc2cccnc2)cc1.Cl. The van der Waals surface area contributed by atoms with Crippen LogP contribution >= 0.6 is 24.0 Å². The molecule has 3 nitrogen and oxygen atoms in total. The topological polar surface area (TPSA) is 34.1 Å². The highest BCUT2D eigenvalue weighted by atomic mass is 35.5. The number of pyridine rings is 1. The van der Waals surface area contributed by atoms with E-state index in [9.17, 15) is 0 Å². The van der Waals surface area contributed by atoms with Crippen molar-refractivity contribution < 1.29 is 4.74 Å². The Kier molecular flexibility index (Phi) is 7.92. The summed E-state index contributed by atoms with van der Waals surface area (Å²) >= 11 is 6.15. The van der Waals surface area contributed by atoms with Crippen LogP contribution in [0.1, 0.15) is 22.3 Å². The number of halogens is 2. The van der Waals surface area contributed by atoms with Crippen LogP contribution in [0.5, 0.6) is 5.75 Å². The highest BCUT2D eigenvalue weighted by molar-refractivity contribution is 6.30. The van der Waals surface area contributed by atoms with Gasteiger partial charge in [0.1, 0.15) is 12.4 Å². The fourth-order valence-corrected chi connectivity index (χ4v) is 2.71. The summed E-state index contributed by atoms with van der Waals surface area (Å²) in [5.74, 6) is 0.851. The van der Waals surface area contributed by atoms with Gasteiger partial charge in [-0.2, -0.15) is 0 Å². The van der Waals surface area contributed by atoms with Crippen molar-refractivity contribution in [3.05, 3.63) is 94.3 Å². The molecule has 0 radical (unpaired) electrons. The summed E-state index contributed by atoms with van der Waals surface area (Å²) in [5, 5.41) is 4.12. The number of benzene rings is 2. The molecule has 26 heavy (non-hydrogen) atoms. The molecule has 0 atom stereocenters. The minimum absolute atomic E-state index is 0. The van der Waals surface area contributed by atoms with Gasteiger partial charge in [0.15, 0.2) is 0 Å². The normalized spacial score (nSPS) is 10.2. The van der Waals surface area contributed by atoms with Gasteiger partial charge in [-0.05, 0) is 42.3 Å². The molecule has 0 unspecified atom stereocenters. The summed E-state index contributed by atoms with van der Waals surface area (Å²) in [6.07, 6.45) is 3.64. The third kappa shape index (κ3) is 6.03. The van der Waals surface area contributed by atoms with Crippen molar-refractivity contribution in [2.75, 3.05) is 0 Å². The molecule has 5 heteroatoms. The first-order valence-electron chi connectivity index (χ1n) is 8.27. The Hall–Kier alpha value is -2.07. The summed E-state index contributed by atoms with van der Waals surface area (Å²) in [5.41, 5.74) is 4.58. The van der Waals surface area contributed by atoms with E-state index < -0.39 is 0 Å². The van der Waals surface area contributed by atoms with E-state index >= 15 is 0 Å².